The Morgan fingerprint density at radius 3 is 2.52 bits per heavy atom. The van der Waals surface area contributed by atoms with Gasteiger partial charge in [-0.2, -0.15) is 0 Å². The fraction of sp³-hybridized carbons (Fsp3) is 0.0714. The highest BCUT2D eigenvalue weighted by molar-refractivity contribution is 5.93. The Hall–Kier alpha value is -2.96. The lowest BCUT2D eigenvalue weighted by Crippen LogP contribution is -2.04. The molecule has 0 amide bonds. The second-order valence-electron chi connectivity index (χ2n) is 4.23. The van der Waals surface area contributed by atoms with Crippen molar-refractivity contribution in [3.63, 3.8) is 0 Å². The largest absolute Gasteiger partial charge is 0.477 e. The average molecular weight is 291 g/mol. The predicted molar refractivity (Wildman–Crippen MR) is 71.3 cm³/mol. The number of carboxylic acid groups (broad SMARTS) is 1. The Kier molecular flexibility index (Phi) is 3.84. The Bertz CT molecular complexity index is 729. The standard InChI is InChI=1S/C14H10FNO5/c1-8-4-2-3-5-12(8)21-13-6-9(14(17)18)11(16(19)20)7-10(13)15/h2-7H,1H3,(H,17,18). The van der Waals surface area contributed by atoms with Gasteiger partial charge >= 0.3 is 5.97 Å². The van der Waals surface area contributed by atoms with E-state index in [2.05, 4.69) is 0 Å². The maximum Gasteiger partial charge on any atom is 0.342 e. The molecule has 0 spiro atoms. The van der Waals surface area contributed by atoms with Gasteiger partial charge in [-0.1, -0.05) is 18.2 Å². The zero-order valence-corrected chi connectivity index (χ0v) is 10.9. The van der Waals surface area contributed by atoms with Gasteiger partial charge in [-0.3, -0.25) is 10.1 Å². The molecule has 0 aliphatic carbocycles. The molecule has 2 rings (SSSR count). The number of aryl methyl sites for hydroxylation is 1. The van der Waals surface area contributed by atoms with E-state index < -0.39 is 28.0 Å². The lowest BCUT2D eigenvalue weighted by Gasteiger charge is -2.10. The minimum atomic E-state index is -1.53. The second kappa shape index (κ2) is 5.58. The molecule has 0 heterocycles. The summed E-state index contributed by atoms with van der Waals surface area (Å²) in [5.41, 5.74) is -0.741. The minimum absolute atomic E-state index is 0.335. The highest BCUT2D eigenvalue weighted by Crippen LogP contribution is 2.32. The van der Waals surface area contributed by atoms with Crippen molar-refractivity contribution in [2.75, 3.05) is 0 Å². The van der Waals surface area contributed by atoms with Crippen molar-refractivity contribution in [3.05, 3.63) is 63.5 Å². The molecular formula is C14H10FNO5. The van der Waals surface area contributed by atoms with E-state index in [0.717, 1.165) is 6.07 Å². The van der Waals surface area contributed by atoms with Gasteiger partial charge in [-0.25, -0.2) is 9.18 Å². The van der Waals surface area contributed by atoms with Gasteiger partial charge in [0.25, 0.3) is 5.69 Å². The quantitative estimate of drug-likeness (QED) is 0.687. The molecule has 108 valence electrons. The van der Waals surface area contributed by atoms with E-state index >= 15 is 0 Å². The van der Waals surface area contributed by atoms with Crippen LogP contribution in [-0.4, -0.2) is 16.0 Å². The number of nitro groups is 1. The van der Waals surface area contributed by atoms with E-state index in [9.17, 15) is 19.3 Å². The molecule has 2 aromatic carbocycles. The Morgan fingerprint density at radius 2 is 1.95 bits per heavy atom. The normalized spacial score (nSPS) is 10.2. The zero-order chi connectivity index (χ0) is 15.6. The molecule has 0 unspecified atom stereocenters. The number of carboxylic acids is 1. The number of carbonyl (C=O) groups is 1. The number of hydrogen-bond acceptors (Lipinski definition) is 4. The van der Waals surface area contributed by atoms with Gasteiger partial charge in [0.2, 0.25) is 0 Å². The summed E-state index contributed by atoms with van der Waals surface area (Å²) in [6, 6.07) is 8.09. The van der Waals surface area contributed by atoms with Crippen molar-refractivity contribution in [1.29, 1.82) is 0 Å². The maximum absolute atomic E-state index is 13.8. The van der Waals surface area contributed by atoms with Crippen LogP contribution in [0.5, 0.6) is 11.5 Å². The van der Waals surface area contributed by atoms with Crippen LogP contribution in [0.2, 0.25) is 0 Å². The highest BCUT2D eigenvalue weighted by atomic mass is 19.1. The van der Waals surface area contributed by atoms with E-state index in [1.165, 1.54) is 0 Å². The lowest BCUT2D eigenvalue weighted by molar-refractivity contribution is -0.385. The summed E-state index contributed by atoms with van der Waals surface area (Å²) < 4.78 is 19.2. The number of halogens is 1. The van der Waals surface area contributed by atoms with Crippen LogP contribution in [0.4, 0.5) is 10.1 Å². The van der Waals surface area contributed by atoms with E-state index in [1.807, 2.05) is 0 Å². The fourth-order valence-electron chi connectivity index (χ4n) is 1.73. The van der Waals surface area contributed by atoms with Gasteiger partial charge in [0.05, 0.1) is 11.0 Å². The number of aromatic carboxylic acids is 1. The molecule has 0 fully saturated rings. The smallest absolute Gasteiger partial charge is 0.342 e. The van der Waals surface area contributed by atoms with Crippen LogP contribution in [-0.2, 0) is 0 Å². The first-order valence-electron chi connectivity index (χ1n) is 5.85. The van der Waals surface area contributed by atoms with E-state index in [4.69, 9.17) is 9.84 Å². The second-order valence-corrected chi connectivity index (χ2v) is 4.23. The SMILES string of the molecule is Cc1ccccc1Oc1cc(C(=O)O)c([N+](=O)[O-])cc1F. The number of benzene rings is 2. The summed E-state index contributed by atoms with van der Waals surface area (Å²) in [5.74, 6) is -2.58. The van der Waals surface area contributed by atoms with Gasteiger partial charge in [0, 0.05) is 6.07 Å². The lowest BCUT2D eigenvalue weighted by atomic mass is 10.1. The van der Waals surface area contributed by atoms with E-state index in [0.29, 0.717) is 17.4 Å². The van der Waals surface area contributed by atoms with Crippen molar-refractivity contribution < 1.29 is 24.0 Å². The summed E-state index contributed by atoms with van der Waals surface area (Å²) in [5, 5.41) is 19.7. The van der Waals surface area contributed by atoms with Gasteiger partial charge in [-0.05, 0) is 18.6 Å². The van der Waals surface area contributed by atoms with Gasteiger partial charge in [0.1, 0.15) is 11.3 Å². The van der Waals surface area contributed by atoms with Crippen LogP contribution in [0.15, 0.2) is 36.4 Å². The molecule has 0 atom stereocenters. The molecule has 0 bridgehead atoms. The molecule has 6 nitrogen and oxygen atoms in total. The molecule has 2 aromatic rings. The number of hydrogen-bond donors (Lipinski definition) is 1. The molecule has 0 aliphatic rings. The topological polar surface area (TPSA) is 89.7 Å². The summed E-state index contributed by atoms with van der Waals surface area (Å²) in [4.78, 5) is 20.8. The van der Waals surface area contributed by atoms with Gasteiger partial charge in [0.15, 0.2) is 11.6 Å². The molecule has 0 aliphatic heterocycles. The van der Waals surface area contributed by atoms with E-state index in [-0.39, 0.29) is 5.75 Å². The van der Waals surface area contributed by atoms with Crippen molar-refractivity contribution in [2.45, 2.75) is 6.92 Å². The molecule has 21 heavy (non-hydrogen) atoms. The number of ether oxygens (including phenoxy) is 1. The average Bonchev–Trinajstić information content (AvgIpc) is 2.42. The van der Waals surface area contributed by atoms with Crippen LogP contribution >= 0.6 is 0 Å². The number of rotatable bonds is 4. The molecule has 0 saturated heterocycles. The molecule has 1 N–H and O–H groups in total. The Balaban J connectivity index is 2.50. The zero-order valence-electron chi connectivity index (χ0n) is 10.9. The van der Waals surface area contributed by atoms with Crippen LogP contribution < -0.4 is 4.74 Å². The van der Waals surface area contributed by atoms with Crippen molar-refractivity contribution >= 4 is 11.7 Å². The first-order chi connectivity index (χ1) is 9.90. The van der Waals surface area contributed by atoms with Crippen LogP contribution in [0, 0.1) is 22.9 Å². The first-order valence-corrected chi connectivity index (χ1v) is 5.85. The van der Waals surface area contributed by atoms with Gasteiger partial charge < -0.3 is 9.84 Å². The maximum atomic E-state index is 13.8. The minimum Gasteiger partial charge on any atom is -0.477 e. The summed E-state index contributed by atoms with van der Waals surface area (Å²) in [7, 11) is 0. The number of nitro benzene ring substituents is 1. The third kappa shape index (κ3) is 2.97. The fourth-order valence-corrected chi connectivity index (χ4v) is 1.73. The first kappa shape index (κ1) is 14.4. The third-order valence-corrected chi connectivity index (χ3v) is 2.79. The summed E-state index contributed by atoms with van der Waals surface area (Å²) >= 11 is 0. The van der Waals surface area contributed by atoms with Crippen molar-refractivity contribution in [2.24, 2.45) is 0 Å². The third-order valence-electron chi connectivity index (χ3n) is 2.79. The molecular weight excluding hydrogens is 281 g/mol. The molecule has 0 saturated carbocycles. The number of para-hydroxylation sites is 1. The monoisotopic (exact) mass is 291 g/mol. The highest BCUT2D eigenvalue weighted by Gasteiger charge is 2.24. The van der Waals surface area contributed by atoms with Crippen molar-refractivity contribution in [1.82, 2.24) is 0 Å². The van der Waals surface area contributed by atoms with E-state index in [1.54, 1.807) is 31.2 Å². The van der Waals surface area contributed by atoms with Crippen molar-refractivity contribution in [3.8, 4) is 11.5 Å². The molecule has 0 radical (unpaired) electrons. The predicted octanol–water partition coefficient (Wildman–Crippen LogP) is 3.53. The van der Waals surface area contributed by atoms with Crippen LogP contribution in [0.25, 0.3) is 0 Å². The summed E-state index contributed by atoms with van der Waals surface area (Å²) in [6.45, 7) is 1.73. The van der Waals surface area contributed by atoms with Gasteiger partial charge in [-0.15, -0.1) is 0 Å². The van der Waals surface area contributed by atoms with Crippen LogP contribution in [0.3, 0.4) is 0 Å². The van der Waals surface area contributed by atoms with Crippen LogP contribution in [0.1, 0.15) is 15.9 Å². The summed E-state index contributed by atoms with van der Waals surface area (Å²) in [6.07, 6.45) is 0. The Morgan fingerprint density at radius 1 is 1.29 bits per heavy atom. The molecule has 0 aromatic heterocycles. The Labute approximate surface area is 118 Å². The number of nitrogens with zero attached hydrogens (tertiary/aromatic N) is 1. The molecule has 7 heteroatoms.